The second-order valence-electron chi connectivity index (χ2n) is 15.6. The van der Waals surface area contributed by atoms with Crippen molar-refractivity contribution < 1.29 is 19.1 Å². The fourth-order valence-electron chi connectivity index (χ4n) is 8.51. The van der Waals surface area contributed by atoms with E-state index in [-0.39, 0.29) is 30.3 Å². The van der Waals surface area contributed by atoms with Gasteiger partial charge in [-0.2, -0.15) is 0 Å². The number of nitrogens with zero attached hydrogens (tertiary/aromatic N) is 6. The highest BCUT2D eigenvalue weighted by Crippen LogP contribution is 2.34. The lowest BCUT2D eigenvalue weighted by Crippen LogP contribution is -2.48. The summed E-state index contributed by atoms with van der Waals surface area (Å²) >= 11 is 0. The van der Waals surface area contributed by atoms with Crippen LogP contribution in [-0.2, 0) is 19.1 Å². The number of rotatable bonds is 13. The quantitative estimate of drug-likeness (QED) is 0.117. The lowest BCUT2D eigenvalue weighted by atomic mass is 9.94. The van der Waals surface area contributed by atoms with E-state index in [1.165, 1.54) is 13.5 Å². The van der Waals surface area contributed by atoms with Crippen LogP contribution in [-0.4, -0.2) is 86.0 Å². The fraction of sp³-hybridized carbons (Fsp3) is 0.340. The molecule has 2 saturated heterocycles. The summed E-state index contributed by atoms with van der Waals surface area (Å²) in [5.41, 5.74) is 7.40. The van der Waals surface area contributed by atoms with Crippen molar-refractivity contribution in [1.82, 2.24) is 35.1 Å². The van der Waals surface area contributed by atoms with E-state index < -0.39 is 17.9 Å². The number of ether oxygens (including phenoxy) is 1. The molecule has 0 bridgehead atoms. The molecule has 2 fully saturated rings. The van der Waals surface area contributed by atoms with E-state index in [1.807, 2.05) is 98.3 Å². The molecule has 12 nitrogen and oxygen atoms in total. The number of methoxy groups -OCH3 is 1. The van der Waals surface area contributed by atoms with E-state index in [4.69, 9.17) is 19.7 Å². The van der Waals surface area contributed by atoms with Gasteiger partial charge in [-0.1, -0.05) is 91.3 Å². The minimum absolute atomic E-state index is 0.0103. The Kier molecular flexibility index (Phi) is 12.1. The van der Waals surface area contributed by atoms with Crippen LogP contribution >= 0.6 is 0 Å². The maximum Gasteiger partial charge on any atom is 0.306 e. The zero-order chi connectivity index (χ0) is 40.7. The molecule has 0 unspecified atom stereocenters. The van der Waals surface area contributed by atoms with E-state index in [9.17, 15) is 14.4 Å². The normalized spacial score (nSPS) is 18.4. The Morgan fingerprint density at radius 3 is 2.17 bits per heavy atom. The first kappa shape index (κ1) is 39.6. The minimum Gasteiger partial charge on any atom is -0.469 e. The van der Waals surface area contributed by atoms with Crippen LogP contribution in [0.15, 0.2) is 115 Å². The topological polar surface area (TPSA) is 146 Å². The Balaban J connectivity index is 0.881. The number of piperidine rings is 1. The number of benzene rings is 3. The molecule has 0 aliphatic carbocycles. The van der Waals surface area contributed by atoms with Gasteiger partial charge in [0.05, 0.1) is 43.4 Å². The fourth-order valence-corrected chi connectivity index (χ4v) is 8.51. The van der Waals surface area contributed by atoms with Gasteiger partial charge in [-0.25, -0.2) is 15.0 Å². The Hall–Kier alpha value is -6.27. The van der Waals surface area contributed by atoms with Crippen molar-refractivity contribution >= 4 is 29.1 Å². The van der Waals surface area contributed by atoms with E-state index in [0.717, 1.165) is 90.1 Å². The zero-order valence-corrected chi connectivity index (χ0v) is 33.6. The second-order valence-corrected chi connectivity index (χ2v) is 15.6. The predicted molar refractivity (Wildman–Crippen MR) is 227 cm³/mol. The van der Waals surface area contributed by atoms with Gasteiger partial charge in [0.25, 0.3) is 0 Å². The third-order valence-electron chi connectivity index (χ3n) is 11.7. The number of nitrogens with one attached hydrogen (secondary N) is 2. The van der Waals surface area contributed by atoms with E-state index in [2.05, 4.69) is 37.2 Å². The molecule has 3 aliphatic rings. The second kappa shape index (κ2) is 18.1. The summed E-state index contributed by atoms with van der Waals surface area (Å²) in [6.45, 7) is 4.49. The number of esters is 1. The summed E-state index contributed by atoms with van der Waals surface area (Å²) in [4.78, 5) is 66.5. The molecule has 2 N–H and O–H groups in total. The SMILES string of the molecule is COC(=O)C[C@@H](C(=O)N[C@@H](C)c1ncc(-c2ccc(-c3ncc(C4=CN=C([C@@H]5CCCN5C(=O)[C@@H](c5ccccc5)N5CCCCC5)C4)cn3)cc2)[nH]1)c1ccccc1. The number of hydrogen-bond donors (Lipinski definition) is 2. The van der Waals surface area contributed by atoms with Crippen molar-refractivity contribution in [3.8, 4) is 22.6 Å². The molecular formula is C47H50N8O4. The molecule has 2 amide bonds. The largest absolute Gasteiger partial charge is 0.469 e. The van der Waals surface area contributed by atoms with E-state index >= 15 is 0 Å². The van der Waals surface area contributed by atoms with Crippen molar-refractivity contribution in [1.29, 1.82) is 0 Å². The molecule has 2 aromatic heterocycles. The van der Waals surface area contributed by atoms with Crippen molar-refractivity contribution in [2.75, 3.05) is 26.7 Å². The van der Waals surface area contributed by atoms with Crippen LogP contribution in [0.1, 0.15) is 92.4 Å². The van der Waals surface area contributed by atoms with Crippen LogP contribution in [0.5, 0.6) is 0 Å². The maximum absolute atomic E-state index is 14.4. The van der Waals surface area contributed by atoms with Crippen LogP contribution in [0.4, 0.5) is 0 Å². The van der Waals surface area contributed by atoms with Crippen LogP contribution in [0.2, 0.25) is 0 Å². The number of hydrogen-bond acceptors (Lipinski definition) is 9. The molecule has 5 aromatic rings. The highest BCUT2D eigenvalue weighted by molar-refractivity contribution is 6.03. The summed E-state index contributed by atoms with van der Waals surface area (Å²) in [6, 6.07) is 26.7. The van der Waals surface area contributed by atoms with Crippen LogP contribution in [0.25, 0.3) is 28.2 Å². The van der Waals surface area contributed by atoms with Gasteiger partial charge in [-0.3, -0.25) is 24.3 Å². The number of amides is 2. The standard InChI is InChI=1S/C47H50N8O4/c1-31(52-46(57)38(26-42(56)59-2)32-13-6-3-7-14-32)44-51-30-40(53-44)33-18-20-35(21-19-33)45-49-28-37(29-50-45)36-25-39(48-27-36)41-17-12-24-55(41)47(58)43(34-15-8-4-9-16-34)54-22-10-5-11-23-54/h3-4,6-9,13-16,18-21,27-31,38,41,43H,5,10-12,17,22-26H2,1-2H3,(H,51,53)(H,52,57)/t31-,38+,41-,43+/m0/s1. The molecule has 302 valence electrons. The molecule has 8 rings (SSSR count). The lowest BCUT2D eigenvalue weighted by molar-refractivity contribution is -0.143. The smallest absolute Gasteiger partial charge is 0.306 e. The summed E-state index contributed by atoms with van der Waals surface area (Å²) in [6.07, 6.45) is 13.3. The number of aliphatic imine (C=N–C) groups is 1. The Morgan fingerprint density at radius 2 is 1.47 bits per heavy atom. The number of aromatic amines is 1. The molecule has 3 aliphatic heterocycles. The molecule has 0 saturated carbocycles. The average Bonchev–Trinajstić information content (AvgIpc) is 4.09. The molecule has 5 heterocycles. The van der Waals surface area contributed by atoms with Crippen molar-refractivity contribution in [2.24, 2.45) is 4.99 Å². The number of aromatic nitrogens is 4. The highest BCUT2D eigenvalue weighted by atomic mass is 16.5. The first-order chi connectivity index (χ1) is 28.9. The van der Waals surface area contributed by atoms with Crippen LogP contribution in [0, 0.1) is 0 Å². The number of carbonyl (C=O) groups is 3. The monoisotopic (exact) mass is 790 g/mol. The first-order valence-electron chi connectivity index (χ1n) is 20.6. The third kappa shape index (κ3) is 8.92. The highest BCUT2D eigenvalue weighted by Gasteiger charge is 2.39. The Morgan fingerprint density at radius 1 is 0.797 bits per heavy atom. The molecule has 0 radical (unpaired) electrons. The Bertz CT molecular complexity index is 2300. The zero-order valence-electron chi connectivity index (χ0n) is 33.6. The number of carbonyl (C=O) groups excluding carboxylic acids is 3. The van der Waals surface area contributed by atoms with E-state index in [1.54, 1.807) is 6.20 Å². The summed E-state index contributed by atoms with van der Waals surface area (Å²) in [5, 5.41) is 3.00. The number of imidazole rings is 1. The van der Waals surface area contributed by atoms with Gasteiger partial charge < -0.3 is 19.9 Å². The van der Waals surface area contributed by atoms with Crippen molar-refractivity contribution in [3.05, 3.63) is 132 Å². The van der Waals surface area contributed by atoms with Gasteiger partial charge >= 0.3 is 5.97 Å². The summed E-state index contributed by atoms with van der Waals surface area (Å²) < 4.78 is 4.85. The molecule has 59 heavy (non-hydrogen) atoms. The van der Waals surface area contributed by atoms with Gasteiger partial charge in [0.2, 0.25) is 11.8 Å². The molecular weight excluding hydrogens is 741 g/mol. The maximum atomic E-state index is 14.4. The summed E-state index contributed by atoms with van der Waals surface area (Å²) in [5.74, 6) is -0.0363. The van der Waals surface area contributed by atoms with Crippen molar-refractivity contribution in [3.63, 3.8) is 0 Å². The minimum atomic E-state index is -0.687. The molecule has 0 spiro atoms. The number of likely N-dealkylation sites (tertiary alicyclic amines) is 2. The number of H-pyrrole nitrogens is 1. The van der Waals surface area contributed by atoms with Crippen LogP contribution < -0.4 is 5.32 Å². The molecule has 3 aromatic carbocycles. The van der Waals surface area contributed by atoms with Gasteiger partial charge in [0, 0.05) is 48.4 Å². The van der Waals surface area contributed by atoms with Gasteiger partial charge in [0.1, 0.15) is 11.9 Å². The molecule has 12 heteroatoms. The predicted octanol–water partition coefficient (Wildman–Crippen LogP) is 7.46. The third-order valence-corrected chi connectivity index (χ3v) is 11.7. The summed E-state index contributed by atoms with van der Waals surface area (Å²) in [7, 11) is 1.32. The van der Waals surface area contributed by atoms with Gasteiger partial charge in [0.15, 0.2) is 5.82 Å². The first-order valence-corrected chi connectivity index (χ1v) is 20.6. The Labute approximate surface area is 344 Å². The van der Waals surface area contributed by atoms with Crippen molar-refractivity contribution in [2.45, 2.75) is 75.9 Å². The van der Waals surface area contributed by atoms with E-state index in [0.29, 0.717) is 18.1 Å². The van der Waals surface area contributed by atoms with Crippen LogP contribution in [0.3, 0.4) is 0 Å². The molecule has 4 atom stereocenters. The number of allylic oxidation sites excluding steroid dienone is 1. The average molecular weight is 791 g/mol. The lowest BCUT2D eigenvalue weighted by Gasteiger charge is -2.37. The van der Waals surface area contributed by atoms with Gasteiger partial charge in [-0.05, 0) is 68.0 Å². The van der Waals surface area contributed by atoms with Gasteiger partial charge in [-0.15, -0.1) is 0 Å².